The van der Waals surface area contributed by atoms with Gasteiger partial charge in [-0.1, -0.05) is 83.1 Å². The fraction of sp³-hybridized carbons (Fsp3) is 0.833. The van der Waals surface area contributed by atoms with Gasteiger partial charge in [-0.05, 0) is 19.8 Å². The first kappa shape index (κ1) is 19.2. The molecular formula is C18H34O2. The van der Waals surface area contributed by atoms with Crippen molar-refractivity contribution >= 4 is 5.97 Å². The Kier molecular flexibility index (Phi) is 14.0. The van der Waals surface area contributed by atoms with Crippen molar-refractivity contribution in [3.8, 4) is 0 Å². The number of carbonyl (C=O) groups is 1. The molecular weight excluding hydrogens is 248 g/mol. The van der Waals surface area contributed by atoms with Gasteiger partial charge in [0.05, 0.1) is 0 Å². The first-order valence-electron chi connectivity index (χ1n) is 8.57. The van der Waals surface area contributed by atoms with E-state index in [0.29, 0.717) is 0 Å². The molecule has 0 unspecified atom stereocenters. The Bertz CT molecular complexity index is 256. The first-order valence-corrected chi connectivity index (χ1v) is 8.57. The van der Waals surface area contributed by atoms with E-state index in [0.717, 1.165) is 18.4 Å². The van der Waals surface area contributed by atoms with Gasteiger partial charge in [-0.3, -0.25) is 0 Å². The minimum atomic E-state index is -0.818. The van der Waals surface area contributed by atoms with Crippen LogP contribution in [0.2, 0.25) is 0 Å². The Morgan fingerprint density at radius 3 is 1.60 bits per heavy atom. The molecule has 0 rings (SSSR count). The topological polar surface area (TPSA) is 37.3 Å². The van der Waals surface area contributed by atoms with Gasteiger partial charge in [0.1, 0.15) is 0 Å². The number of unbranched alkanes of at least 4 members (excludes halogenated alkanes) is 11. The van der Waals surface area contributed by atoms with E-state index in [9.17, 15) is 4.79 Å². The molecule has 0 aliphatic heterocycles. The maximum absolute atomic E-state index is 10.5. The zero-order chi connectivity index (χ0) is 15.1. The van der Waals surface area contributed by atoms with Crippen LogP contribution in [0.1, 0.15) is 97.3 Å². The third-order valence-electron chi connectivity index (χ3n) is 3.79. The number of hydrogen-bond acceptors (Lipinski definition) is 1. The summed E-state index contributed by atoms with van der Waals surface area (Å²) in [4.78, 5) is 10.5. The highest BCUT2D eigenvalue weighted by molar-refractivity contribution is 5.80. The lowest BCUT2D eigenvalue weighted by molar-refractivity contribution is -0.131. The smallest absolute Gasteiger partial charge is 0.328 e. The predicted molar refractivity (Wildman–Crippen MR) is 87.1 cm³/mol. The van der Waals surface area contributed by atoms with Crippen molar-refractivity contribution in [2.75, 3.05) is 0 Å². The van der Waals surface area contributed by atoms with Crippen LogP contribution in [0, 0.1) is 0 Å². The molecule has 0 aliphatic carbocycles. The summed E-state index contributed by atoms with van der Waals surface area (Å²) in [7, 11) is 0. The molecule has 0 atom stereocenters. The Morgan fingerprint density at radius 2 is 1.20 bits per heavy atom. The molecule has 0 saturated carbocycles. The summed E-state index contributed by atoms with van der Waals surface area (Å²) in [5.74, 6) is -0.818. The molecule has 2 nitrogen and oxygen atoms in total. The zero-order valence-corrected chi connectivity index (χ0v) is 13.6. The van der Waals surface area contributed by atoms with Gasteiger partial charge in [-0.15, -0.1) is 0 Å². The van der Waals surface area contributed by atoms with Gasteiger partial charge < -0.3 is 5.11 Å². The molecule has 0 heterocycles. The number of aliphatic carboxylic acids is 1. The molecule has 0 bridgehead atoms. The van der Waals surface area contributed by atoms with E-state index in [1.54, 1.807) is 0 Å². The van der Waals surface area contributed by atoms with E-state index in [1.165, 1.54) is 76.7 Å². The van der Waals surface area contributed by atoms with Crippen molar-refractivity contribution in [2.24, 2.45) is 0 Å². The highest BCUT2D eigenvalue weighted by Crippen LogP contribution is 2.13. The molecule has 0 aromatic rings. The second-order valence-corrected chi connectivity index (χ2v) is 5.97. The van der Waals surface area contributed by atoms with Gasteiger partial charge in [0, 0.05) is 6.08 Å². The van der Waals surface area contributed by atoms with Crippen LogP contribution in [0.4, 0.5) is 0 Å². The van der Waals surface area contributed by atoms with Crippen molar-refractivity contribution in [3.05, 3.63) is 11.6 Å². The summed E-state index contributed by atoms with van der Waals surface area (Å²) in [6.07, 6.45) is 18.4. The second-order valence-electron chi connectivity index (χ2n) is 5.97. The zero-order valence-electron chi connectivity index (χ0n) is 13.6. The van der Waals surface area contributed by atoms with Crippen molar-refractivity contribution < 1.29 is 9.90 Å². The lowest BCUT2D eigenvalue weighted by Gasteiger charge is -2.03. The number of carboxylic acid groups (broad SMARTS) is 1. The third-order valence-corrected chi connectivity index (χ3v) is 3.79. The number of hydrogen-bond donors (Lipinski definition) is 1. The van der Waals surface area contributed by atoms with Crippen LogP contribution in [0.5, 0.6) is 0 Å². The Labute approximate surface area is 125 Å². The predicted octanol–water partition coefficient (Wildman–Crippen LogP) is 6.11. The molecule has 0 aromatic carbocycles. The van der Waals surface area contributed by atoms with Crippen molar-refractivity contribution in [1.29, 1.82) is 0 Å². The summed E-state index contributed by atoms with van der Waals surface area (Å²) in [6.45, 7) is 4.17. The second kappa shape index (κ2) is 14.6. The number of allylic oxidation sites excluding steroid dienone is 1. The van der Waals surface area contributed by atoms with Crippen LogP contribution >= 0.6 is 0 Å². The number of carboxylic acids is 1. The molecule has 0 spiro atoms. The van der Waals surface area contributed by atoms with Gasteiger partial charge in [0.25, 0.3) is 0 Å². The summed E-state index contributed by atoms with van der Waals surface area (Å²) in [6, 6.07) is 0. The molecule has 118 valence electrons. The van der Waals surface area contributed by atoms with E-state index in [2.05, 4.69) is 6.92 Å². The molecule has 0 saturated heterocycles. The van der Waals surface area contributed by atoms with Crippen LogP contribution < -0.4 is 0 Å². The Morgan fingerprint density at radius 1 is 0.800 bits per heavy atom. The Hall–Kier alpha value is -0.790. The molecule has 20 heavy (non-hydrogen) atoms. The fourth-order valence-corrected chi connectivity index (χ4v) is 2.53. The summed E-state index contributed by atoms with van der Waals surface area (Å²) in [5, 5.41) is 8.60. The molecule has 0 radical (unpaired) electrons. The van der Waals surface area contributed by atoms with E-state index in [4.69, 9.17) is 5.11 Å². The summed E-state index contributed by atoms with van der Waals surface area (Å²) >= 11 is 0. The molecule has 0 aromatic heterocycles. The lowest BCUT2D eigenvalue weighted by Crippen LogP contribution is -1.90. The highest BCUT2D eigenvalue weighted by atomic mass is 16.4. The first-order chi connectivity index (χ1) is 9.66. The largest absolute Gasteiger partial charge is 0.478 e. The number of rotatable bonds is 14. The SMILES string of the molecule is CCCCCCCCCCCCCC/C(C)=C/C(=O)O. The van der Waals surface area contributed by atoms with Gasteiger partial charge in [0.15, 0.2) is 0 Å². The normalized spacial score (nSPS) is 11.8. The maximum atomic E-state index is 10.5. The average molecular weight is 282 g/mol. The van der Waals surface area contributed by atoms with Crippen LogP contribution in [0.15, 0.2) is 11.6 Å². The molecule has 0 amide bonds. The molecule has 1 N–H and O–H groups in total. The van der Waals surface area contributed by atoms with Gasteiger partial charge in [-0.2, -0.15) is 0 Å². The standard InChI is InChI=1S/C18H34O2/c1-3-4-5-6-7-8-9-10-11-12-13-14-15-17(2)16-18(19)20/h16H,3-15H2,1-2H3,(H,19,20)/b17-16+. The van der Waals surface area contributed by atoms with Crippen molar-refractivity contribution in [2.45, 2.75) is 97.3 Å². The van der Waals surface area contributed by atoms with Gasteiger partial charge >= 0.3 is 5.97 Å². The average Bonchev–Trinajstić information content (AvgIpc) is 2.39. The quantitative estimate of drug-likeness (QED) is 0.308. The van der Waals surface area contributed by atoms with Gasteiger partial charge in [-0.25, -0.2) is 4.79 Å². The van der Waals surface area contributed by atoms with Crippen LogP contribution in [0.25, 0.3) is 0 Å². The molecule has 0 aliphatic rings. The van der Waals surface area contributed by atoms with E-state index in [-0.39, 0.29) is 0 Å². The fourth-order valence-electron chi connectivity index (χ4n) is 2.53. The van der Waals surface area contributed by atoms with Crippen molar-refractivity contribution in [3.63, 3.8) is 0 Å². The third kappa shape index (κ3) is 15.3. The highest BCUT2D eigenvalue weighted by Gasteiger charge is 1.96. The minimum Gasteiger partial charge on any atom is -0.478 e. The van der Waals surface area contributed by atoms with Crippen LogP contribution in [-0.4, -0.2) is 11.1 Å². The molecule has 2 heteroatoms. The summed E-state index contributed by atoms with van der Waals surface area (Å²) in [5.41, 5.74) is 0.990. The molecule has 0 fully saturated rings. The van der Waals surface area contributed by atoms with E-state index in [1.807, 2.05) is 6.92 Å². The van der Waals surface area contributed by atoms with Crippen LogP contribution in [0.3, 0.4) is 0 Å². The van der Waals surface area contributed by atoms with E-state index >= 15 is 0 Å². The Balaban J connectivity index is 3.15. The minimum absolute atomic E-state index is 0.818. The monoisotopic (exact) mass is 282 g/mol. The lowest BCUT2D eigenvalue weighted by atomic mass is 10.0. The summed E-state index contributed by atoms with van der Waals surface area (Å²) < 4.78 is 0. The van der Waals surface area contributed by atoms with Crippen molar-refractivity contribution in [1.82, 2.24) is 0 Å². The maximum Gasteiger partial charge on any atom is 0.328 e. The van der Waals surface area contributed by atoms with E-state index < -0.39 is 5.97 Å². The van der Waals surface area contributed by atoms with Gasteiger partial charge in [0.2, 0.25) is 0 Å². The van der Waals surface area contributed by atoms with Crippen LogP contribution in [-0.2, 0) is 4.79 Å².